The van der Waals surface area contributed by atoms with Crippen LogP contribution in [0, 0.1) is 5.82 Å². The Morgan fingerprint density at radius 1 is 1.00 bits per heavy atom. The highest BCUT2D eigenvalue weighted by Gasteiger charge is 2.14. The lowest BCUT2D eigenvalue weighted by Gasteiger charge is -2.13. The Morgan fingerprint density at radius 2 is 1.79 bits per heavy atom. The van der Waals surface area contributed by atoms with Crippen molar-refractivity contribution in [2.45, 2.75) is 6.10 Å². The van der Waals surface area contributed by atoms with Crippen LogP contribution in [0.3, 0.4) is 0 Å². The highest BCUT2D eigenvalue weighted by atomic mass is 19.1. The molecule has 94 valence electrons. The molecule has 0 spiro atoms. The van der Waals surface area contributed by atoms with Gasteiger partial charge in [0.25, 0.3) is 0 Å². The number of nitrogens with zero attached hydrogens (tertiary/aromatic N) is 1. The fourth-order valence-corrected chi connectivity index (χ4v) is 2.25. The van der Waals surface area contributed by atoms with E-state index in [0.717, 1.165) is 22.5 Å². The Morgan fingerprint density at radius 3 is 2.63 bits per heavy atom. The summed E-state index contributed by atoms with van der Waals surface area (Å²) in [6.07, 6.45) is 1.73. The molecule has 1 unspecified atom stereocenters. The van der Waals surface area contributed by atoms with Gasteiger partial charge in [0.15, 0.2) is 0 Å². The first-order valence-electron chi connectivity index (χ1n) is 6.02. The fraction of sp³-hybridized carbons (Fsp3) is 0.0625. The standard InChI is InChI=1S/C16H12FNO/c17-13-8-12(9-18-10-13)16(19)15-7-3-5-11-4-1-2-6-14(11)15/h1-10,16,19H. The van der Waals surface area contributed by atoms with Gasteiger partial charge in [-0.3, -0.25) is 4.98 Å². The van der Waals surface area contributed by atoms with E-state index in [1.54, 1.807) is 0 Å². The first-order valence-corrected chi connectivity index (χ1v) is 6.02. The van der Waals surface area contributed by atoms with Crippen molar-refractivity contribution < 1.29 is 9.50 Å². The minimum absolute atomic E-state index is 0.447. The molecule has 1 atom stereocenters. The lowest BCUT2D eigenvalue weighted by Crippen LogP contribution is -2.01. The first-order chi connectivity index (χ1) is 9.25. The summed E-state index contributed by atoms with van der Waals surface area (Å²) in [6.45, 7) is 0. The molecule has 0 radical (unpaired) electrons. The molecule has 2 nitrogen and oxygen atoms in total. The van der Waals surface area contributed by atoms with Gasteiger partial charge < -0.3 is 5.11 Å². The van der Waals surface area contributed by atoms with Crippen LogP contribution >= 0.6 is 0 Å². The summed E-state index contributed by atoms with van der Waals surface area (Å²) in [6, 6.07) is 14.8. The maximum atomic E-state index is 13.2. The molecule has 2 aromatic carbocycles. The van der Waals surface area contributed by atoms with Crippen LogP contribution in [-0.4, -0.2) is 10.1 Å². The Balaban J connectivity index is 2.14. The average Bonchev–Trinajstić information content (AvgIpc) is 2.46. The van der Waals surface area contributed by atoms with E-state index >= 15 is 0 Å². The van der Waals surface area contributed by atoms with E-state index in [1.165, 1.54) is 12.3 Å². The molecule has 3 heteroatoms. The number of rotatable bonds is 2. The quantitative estimate of drug-likeness (QED) is 0.758. The van der Waals surface area contributed by atoms with Gasteiger partial charge in [-0.25, -0.2) is 4.39 Å². The molecule has 3 aromatic rings. The Hall–Kier alpha value is -2.26. The molecule has 0 bridgehead atoms. The van der Waals surface area contributed by atoms with E-state index in [0.29, 0.717) is 5.56 Å². The minimum Gasteiger partial charge on any atom is -0.384 e. The number of halogens is 1. The first kappa shape index (κ1) is 11.8. The zero-order chi connectivity index (χ0) is 13.2. The molecule has 3 rings (SSSR count). The van der Waals surface area contributed by atoms with E-state index < -0.39 is 11.9 Å². The van der Waals surface area contributed by atoms with E-state index in [4.69, 9.17) is 0 Å². The van der Waals surface area contributed by atoms with E-state index in [2.05, 4.69) is 4.98 Å². The summed E-state index contributed by atoms with van der Waals surface area (Å²) in [5, 5.41) is 12.4. The number of benzene rings is 2. The number of fused-ring (bicyclic) bond motifs is 1. The minimum atomic E-state index is -0.880. The van der Waals surface area contributed by atoms with Crippen molar-refractivity contribution in [2.75, 3.05) is 0 Å². The number of aliphatic hydroxyl groups excluding tert-OH is 1. The van der Waals surface area contributed by atoms with Gasteiger partial charge in [0.1, 0.15) is 11.9 Å². The van der Waals surface area contributed by atoms with Crippen molar-refractivity contribution in [2.24, 2.45) is 0 Å². The van der Waals surface area contributed by atoms with E-state index in [-0.39, 0.29) is 0 Å². The van der Waals surface area contributed by atoms with Crippen molar-refractivity contribution >= 4 is 10.8 Å². The summed E-state index contributed by atoms with van der Waals surface area (Å²) in [4.78, 5) is 3.78. The third-order valence-electron chi connectivity index (χ3n) is 3.16. The Kier molecular flexibility index (Phi) is 2.97. The molecule has 0 saturated heterocycles. The molecule has 0 aliphatic heterocycles. The van der Waals surface area contributed by atoms with Crippen LogP contribution in [0.1, 0.15) is 17.2 Å². The number of pyridine rings is 1. The summed E-state index contributed by atoms with van der Waals surface area (Å²) in [7, 11) is 0. The third kappa shape index (κ3) is 2.20. The van der Waals surface area contributed by atoms with Gasteiger partial charge in [-0.1, -0.05) is 42.5 Å². The largest absolute Gasteiger partial charge is 0.384 e. The van der Waals surface area contributed by atoms with Gasteiger partial charge in [-0.15, -0.1) is 0 Å². The van der Waals surface area contributed by atoms with Crippen molar-refractivity contribution in [3.63, 3.8) is 0 Å². The van der Waals surface area contributed by atoms with Crippen LogP contribution in [-0.2, 0) is 0 Å². The van der Waals surface area contributed by atoms with Crippen molar-refractivity contribution in [3.05, 3.63) is 77.9 Å². The molecule has 0 fully saturated rings. The van der Waals surface area contributed by atoms with Crippen molar-refractivity contribution in [1.29, 1.82) is 0 Å². The molecular formula is C16H12FNO. The Labute approximate surface area is 110 Å². The second-order valence-corrected chi connectivity index (χ2v) is 4.41. The van der Waals surface area contributed by atoms with Crippen LogP contribution in [0.5, 0.6) is 0 Å². The summed E-state index contributed by atoms with van der Waals surface area (Å²) < 4.78 is 13.2. The van der Waals surface area contributed by atoms with Crippen LogP contribution in [0.2, 0.25) is 0 Å². The van der Waals surface area contributed by atoms with Gasteiger partial charge in [-0.2, -0.15) is 0 Å². The number of aromatic nitrogens is 1. The number of hydrogen-bond acceptors (Lipinski definition) is 2. The second kappa shape index (κ2) is 4.78. The maximum Gasteiger partial charge on any atom is 0.141 e. The van der Waals surface area contributed by atoms with Gasteiger partial charge in [0.2, 0.25) is 0 Å². The zero-order valence-electron chi connectivity index (χ0n) is 10.1. The maximum absolute atomic E-state index is 13.2. The lowest BCUT2D eigenvalue weighted by molar-refractivity contribution is 0.221. The van der Waals surface area contributed by atoms with Crippen molar-refractivity contribution in [1.82, 2.24) is 4.98 Å². The van der Waals surface area contributed by atoms with Crippen molar-refractivity contribution in [3.8, 4) is 0 Å². The SMILES string of the molecule is OC(c1cncc(F)c1)c1cccc2ccccc12. The molecule has 19 heavy (non-hydrogen) atoms. The number of hydrogen-bond donors (Lipinski definition) is 1. The normalized spacial score (nSPS) is 12.5. The van der Waals surface area contributed by atoms with Gasteiger partial charge in [0, 0.05) is 11.8 Å². The second-order valence-electron chi connectivity index (χ2n) is 4.41. The Bertz CT molecular complexity index is 721. The molecule has 1 N–H and O–H groups in total. The number of aliphatic hydroxyl groups is 1. The molecule has 1 heterocycles. The average molecular weight is 253 g/mol. The predicted octanol–water partition coefficient (Wildman–Crippen LogP) is 3.46. The lowest BCUT2D eigenvalue weighted by atomic mass is 9.97. The van der Waals surface area contributed by atoms with Gasteiger partial charge in [-0.05, 0) is 22.4 Å². The topological polar surface area (TPSA) is 33.1 Å². The summed E-state index contributed by atoms with van der Waals surface area (Å²) in [5.41, 5.74) is 1.21. The molecule has 0 aliphatic rings. The van der Waals surface area contributed by atoms with Crippen LogP contribution in [0.4, 0.5) is 4.39 Å². The summed E-state index contributed by atoms with van der Waals surface area (Å²) >= 11 is 0. The highest BCUT2D eigenvalue weighted by Crippen LogP contribution is 2.28. The van der Waals surface area contributed by atoms with Crippen LogP contribution < -0.4 is 0 Å². The predicted molar refractivity (Wildman–Crippen MR) is 72.2 cm³/mol. The van der Waals surface area contributed by atoms with E-state index in [1.807, 2.05) is 42.5 Å². The van der Waals surface area contributed by atoms with Crippen LogP contribution in [0.25, 0.3) is 10.8 Å². The van der Waals surface area contributed by atoms with Gasteiger partial charge in [0.05, 0.1) is 6.20 Å². The molecule has 0 saturated carbocycles. The fourth-order valence-electron chi connectivity index (χ4n) is 2.25. The van der Waals surface area contributed by atoms with E-state index in [9.17, 15) is 9.50 Å². The third-order valence-corrected chi connectivity index (χ3v) is 3.16. The van der Waals surface area contributed by atoms with Gasteiger partial charge >= 0.3 is 0 Å². The monoisotopic (exact) mass is 253 g/mol. The molecular weight excluding hydrogens is 241 g/mol. The summed E-state index contributed by atoms with van der Waals surface area (Å²) in [5.74, 6) is -0.447. The zero-order valence-corrected chi connectivity index (χ0v) is 10.1. The molecule has 1 aromatic heterocycles. The smallest absolute Gasteiger partial charge is 0.141 e. The highest BCUT2D eigenvalue weighted by molar-refractivity contribution is 5.86. The molecule has 0 aliphatic carbocycles. The van der Waals surface area contributed by atoms with Crippen LogP contribution in [0.15, 0.2) is 60.9 Å². The molecule has 0 amide bonds.